The highest BCUT2D eigenvalue weighted by Crippen LogP contribution is 2.25. The number of nitrogens with zero attached hydrogens (tertiary/aromatic N) is 3. The molecule has 0 radical (unpaired) electrons. The van der Waals surface area contributed by atoms with E-state index >= 15 is 0 Å². The second kappa shape index (κ2) is 7.17. The average Bonchev–Trinajstić information content (AvgIpc) is 2.87. The van der Waals surface area contributed by atoms with E-state index in [9.17, 15) is 10.1 Å². The third kappa shape index (κ3) is 3.68. The molecule has 1 heterocycles. The van der Waals surface area contributed by atoms with Gasteiger partial charge >= 0.3 is 0 Å². The van der Waals surface area contributed by atoms with Crippen molar-refractivity contribution in [3.8, 4) is 0 Å². The first-order valence-corrected chi connectivity index (χ1v) is 8.10. The van der Waals surface area contributed by atoms with E-state index in [1.165, 1.54) is 11.6 Å². The van der Waals surface area contributed by atoms with Crippen molar-refractivity contribution in [2.45, 2.75) is 26.9 Å². The standard InChI is InChI=1S/C19H20N4O2/c1-14-17(12-20-18-10-6-7-11-19(18)23(24)25)15(2)22(21-14)13-16-8-4-3-5-9-16/h3-11,20H,12-13H2,1-2H3. The van der Waals surface area contributed by atoms with Crippen molar-refractivity contribution in [2.75, 3.05) is 5.32 Å². The minimum Gasteiger partial charge on any atom is -0.375 e. The maximum absolute atomic E-state index is 11.1. The summed E-state index contributed by atoms with van der Waals surface area (Å²) in [5.41, 5.74) is 4.84. The molecule has 0 fully saturated rings. The number of anilines is 1. The largest absolute Gasteiger partial charge is 0.375 e. The zero-order chi connectivity index (χ0) is 17.8. The van der Waals surface area contributed by atoms with Gasteiger partial charge in [0.05, 0.1) is 17.2 Å². The van der Waals surface area contributed by atoms with Crippen molar-refractivity contribution in [3.05, 3.63) is 87.2 Å². The predicted molar refractivity (Wildman–Crippen MR) is 97.7 cm³/mol. The van der Waals surface area contributed by atoms with E-state index in [0.717, 1.165) is 17.0 Å². The van der Waals surface area contributed by atoms with Crippen molar-refractivity contribution in [3.63, 3.8) is 0 Å². The number of para-hydroxylation sites is 2. The first-order chi connectivity index (χ1) is 12.1. The van der Waals surface area contributed by atoms with Crippen LogP contribution < -0.4 is 5.32 Å². The highest BCUT2D eigenvalue weighted by molar-refractivity contribution is 5.61. The lowest BCUT2D eigenvalue weighted by atomic mass is 10.1. The molecule has 0 spiro atoms. The quantitative estimate of drug-likeness (QED) is 0.544. The number of aromatic nitrogens is 2. The van der Waals surface area contributed by atoms with E-state index in [1.54, 1.807) is 18.2 Å². The minimum absolute atomic E-state index is 0.0782. The number of hydrogen-bond acceptors (Lipinski definition) is 4. The topological polar surface area (TPSA) is 73.0 Å². The van der Waals surface area contributed by atoms with Crippen LogP contribution in [0.4, 0.5) is 11.4 Å². The maximum Gasteiger partial charge on any atom is 0.292 e. The highest BCUT2D eigenvalue weighted by atomic mass is 16.6. The van der Waals surface area contributed by atoms with Gasteiger partial charge in [0, 0.05) is 23.9 Å². The summed E-state index contributed by atoms with van der Waals surface area (Å²) in [5.74, 6) is 0. The van der Waals surface area contributed by atoms with Crippen LogP contribution in [0.2, 0.25) is 0 Å². The number of nitro groups is 1. The van der Waals surface area contributed by atoms with E-state index in [1.807, 2.05) is 36.7 Å². The number of nitro benzene ring substituents is 1. The third-order valence-corrected chi connectivity index (χ3v) is 4.26. The summed E-state index contributed by atoms with van der Waals surface area (Å²) in [6.07, 6.45) is 0. The van der Waals surface area contributed by atoms with E-state index in [2.05, 4.69) is 22.5 Å². The van der Waals surface area contributed by atoms with Gasteiger partial charge in [-0.1, -0.05) is 42.5 Å². The number of nitrogens with one attached hydrogen (secondary N) is 1. The molecule has 0 aliphatic carbocycles. The zero-order valence-electron chi connectivity index (χ0n) is 14.3. The molecule has 0 saturated heterocycles. The molecule has 1 aromatic heterocycles. The number of benzene rings is 2. The summed E-state index contributed by atoms with van der Waals surface area (Å²) < 4.78 is 1.97. The molecule has 0 bridgehead atoms. The van der Waals surface area contributed by atoms with Gasteiger partial charge in [0.25, 0.3) is 5.69 Å². The van der Waals surface area contributed by atoms with Gasteiger partial charge in [-0.2, -0.15) is 5.10 Å². The normalized spacial score (nSPS) is 10.6. The first kappa shape index (κ1) is 16.7. The van der Waals surface area contributed by atoms with Crippen molar-refractivity contribution in [2.24, 2.45) is 0 Å². The smallest absolute Gasteiger partial charge is 0.292 e. The first-order valence-electron chi connectivity index (χ1n) is 8.10. The molecule has 6 nitrogen and oxygen atoms in total. The summed E-state index contributed by atoms with van der Waals surface area (Å²) in [7, 11) is 0. The van der Waals surface area contributed by atoms with Crippen molar-refractivity contribution >= 4 is 11.4 Å². The number of hydrogen-bond donors (Lipinski definition) is 1. The van der Waals surface area contributed by atoms with Gasteiger partial charge in [0.15, 0.2) is 0 Å². The third-order valence-electron chi connectivity index (χ3n) is 4.26. The Labute approximate surface area is 146 Å². The fourth-order valence-corrected chi connectivity index (χ4v) is 2.87. The molecule has 3 aromatic rings. The van der Waals surface area contributed by atoms with Gasteiger partial charge < -0.3 is 5.32 Å². The molecule has 128 valence electrons. The maximum atomic E-state index is 11.1. The average molecular weight is 336 g/mol. The van der Waals surface area contributed by atoms with E-state index in [-0.39, 0.29) is 10.6 Å². The van der Waals surface area contributed by atoms with Crippen LogP contribution >= 0.6 is 0 Å². The lowest BCUT2D eigenvalue weighted by Gasteiger charge is -2.08. The van der Waals surface area contributed by atoms with Gasteiger partial charge in [0.2, 0.25) is 0 Å². The van der Waals surface area contributed by atoms with Crippen LogP contribution in [0.25, 0.3) is 0 Å². The molecular weight excluding hydrogens is 316 g/mol. The summed E-state index contributed by atoms with van der Waals surface area (Å²) >= 11 is 0. The van der Waals surface area contributed by atoms with Crippen molar-refractivity contribution in [1.29, 1.82) is 0 Å². The second-order valence-electron chi connectivity index (χ2n) is 5.92. The van der Waals surface area contributed by atoms with Crippen molar-refractivity contribution in [1.82, 2.24) is 9.78 Å². The van der Waals surface area contributed by atoms with Gasteiger partial charge in [0.1, 0.15) is 5.69 Å². The Morgan fingerprint density at radius 2 is 1.76 bits per heavy atom. The Morgan fingerprint density at radius 3 is 2.48 bits per heavy atom. The molecule has 25 heavy (non-hydrogen) atoms. The fourth-order valence-electron chi connectivity index (χ4n) is 2.87. The van der Waals surface area contributed by atoms with E-state index in [4.69, 9.17) is 0 Å². The van der Waals surface area contributed by atoms with Crippen LogP contribution in [0.3, 0.4) is 0 Å². The molecule has 0 amide bonds. The van der Waals surface area contributed by atoms with Crippen LogP contribution in [0, 0.1) is 24.0 Å². The lowest BCUT2D eigenvalue weighted by Crippen LogP contribution is -2.06. The molecule has 0 atom stereocenters. The van der Waals surface area contributed by atoms with Crippen LogP contribution in [0.1, 0.15) is 22.5 Å². The summed E-state index contributed by atoms with van der Waals surface area (Å²) in [6, 6.07) is 16.8. The second-order valence-corrected chi connectivity index (χ2v) is 5.92. The molecule has 0 aliphatic heterocycles. The van der Waals surface area contributed by atoms with Gasteiger partial charge in [-0.25, -0.2) is 0 Å². The molecule has 6 heteroatoms. The SMILES string of the molecule is Cc1nn(Cc2ccccc2)c(C)c1CNc1ccccc1[N+](=O)[O-]. The molecule has 1 N–H and O–H groups in total. The van der Waals surface area contributed by atoms with Crippen LogP contribution in [0.15, 0.2) is 54.6 Å². The summed E-state index contributed by atoms with van der Waals surface area (Å²) in [6.45, 7) is 5.20. The minimum atomic E-state index is -0.374. The van der Waals surface area contributed by atoms with E-state index in [0.29, 0.717) is 18.8 Å². The molecule has 0 aliphatic rings. The molecule has 2 aromatic carbocycles. The van der Waals surface area contributed by atoms with E-state index < -0.39 is 0 Å². The molecule has 3 rings (SSSR count). The zero-order valence-corrected chi connectivity index (χ0v) is 14.3. The van der Waals surface area contributed by atoms with Crippen LogP contribution in [-0.4, -0.2) is 14.7 Å². The monoisotopic (exact) mass is 336 g/mol. The Hall–Kier alpha value is -3.15. The van der Waals surface area contributed by atoms with Crippen molar-refractivity contribution < 1.29 is 4.92 Å². The summed E-state index contributed by atoms with van der Waals surface area (Å²) in [5, 5.41) is 18.9. The van der Waals surface area contributed by atoms with Gasteiger partial charge in [-0.15, -0.1) is 0 Å². The number of aryl methyl sites for hydroxylation is 1. The molecule has 0 unspecified atom stereocenters. The Kier molecular flexibility index (Phi) is 4.79. The van der Waals surface area contributed by atoms with Crippen LogP contribution in [0.5, 0.6) is 0 Å². The highest BCUT2D eigenvalue weighted by Gasteiger charge is 2.15. The Bertz CT molecular complexity index is 888. The van der Waals surface area contributed by atoms with Gasteiger partial charge in [-0.05, 0) is 25.5 Å². The summed E-state index contributed by atoms with van der Waals surface area (Å²) in [4.78, 5) is 10.7. The van der Waals surface area contributed by atoms with Crippen LogP contribution in [-0.2, 0) is 13.1 Å². The lowest BCUT2D eigenvalue weighted by molar-refractivity contribution is -0.384. The Balaban J connectivity index is 1.79. The fraction of sp³-hybridized carbons (Fsp3) is 0.211. The molecular formula is C19H20N4O2. The predicted octanol–water partition coefficient (Wildman–Crippen LogP) is 4.07. The molecule has 0 saturated carbocycles. The Morgan fingerprint density at radius 1 is 1.08 bits per heavy atom. The van der Waals surface area contributed by atoms with Gasteiger partial charge in [-0.3, -0.25) is 14.8 Å². The number of rotatable bonds is 6.